The first-order valence-electron chi connectivity index (χ1n) is 6.59. The van der Waals surface area contributed by atoms with Crippen molar-refractivity contribution in [3.63, 3.8) is 0 Å². The molecule has 0 aliphatic carbocycles. The highest BCUT2D eigenvalue weighted by Crippen LogP contribution is 2.35. The number of halogens is 5. The zero-order valence-electron chi connectivity index (χ0n) is 11.5. The molecule has 0 spiro atoms. The molecular weight excluding hydrogens is 444 g/mol. The second-order valence-electron chi connectivity index (χ2n) is 4.67. The molecule has 0 aliphatic rings. The molecule has 0 amide bonds. The molecule has 2 aromatic rings. The van der Waals surface area contributed by atoms with Gasteiger partial charge in [0.1, 0.15) is 0 Å². The number of benzene rings is 2. The van der Waals surface area contributed by atoms with Crippen molar-refractivity contribution in [2.45, 2.75) is 28.8 Å². The summed E-state index contributed by atoms with van der Waals surface area (Å²) < 4.78 is 39.2. The Bertz CT molecular complexity index is 644. The number of rotatable bonds is 5. The molecule has 0 heterocycles. The first-order chi connectivity index (χ1) is 10.4. The van der Waals surface area contributed by atoms with Crippen LogP contribution >= 0.6 is 46.0 Å². The first-order valence-corrected chi connectivity index (χ1v) is 9.31. The standard InChI is InChI=1S/C16H13ClF3IS/c17-15-10-14(7-6-11(15)3-2-8-21)22-13-5-1-4-12(9-13)16(18,19)20/h1,4-7,9-10H,2-3,8H2. The maximum atomic E-state index is 12.7. The highest BCUT2D eigenvalue weighted by molar-refractivity contribution is 14.1. The van der Waals surface area contributed by atoms with Gasteiger partial charge >= 0.3 is 6.18 Å². The fourth-order valence-electron chi connectivity index (χ4n) is 1.92. The molecule has 0 N–H and O–H groups in total. The lowest BCUT2D eigenvalue weighted by Gasteiger charge is -2.09. The summed E-state index contributed by atoms with van der Waals surface area (Å²) in [6.45, 7) is 0. The SMILES string of the molecule is FC(F)(F)c1cccc(Sc2ccc(CCCI)c(Cl)c2)c1. The van der Waals surface area contributed by atoms with Crippen LogP contribution in [0.4, 0.5) is 13.2 Å². The number of alkyl halides is 4. The van der Waals surface area contributed by atoms with Crippen LogP contribution in [0.5, 0.6) is 0 Å². The Morgan fingerprint density at radius 3 is 2.41 bits per heavy atom. The van der Waals surface area contributed by atoms with E-state index in [0.29, 0.717) is 9.92 Å². The van der Waals surface area contributed by atoms with Crippen LogP contribution < -0.4 is 0 Å². The molecule has 0 radical (unpaired) electrons. The van der Waals surface area contributed by atoms with Crippen molar-refractivity contribution in [1.29, 1.82) is 0 Å². The maximum Gasteiger partial charge on any atom is 0.416 e. The predicted octanol–water partition coefficient (Wildman–Crippen LogP) is 6.88. The van der Waals surface area contributed by atoms with Crippen LogP contribution in [0.25, 0.3) is 0 Å². The molecule has 118 valence electrons. The average molecular weight is 457 g/mol. The van der Waals surface area contributed by atoms with E-state index in [1.165, 1.54) is 17.8 Å². The van der Waals surface area contributed by atoms with Crippen LogP contribution in [0.2, 0.25) is 5.02 Å². The van der Waals surface area contributed by atoms with Crippen LogP contribution in [-0.4, -0.2) is 4.43 Å². The lowest BCUT2D eigenvalue weighted by atomic mass is 10.1. The maximum absolute atomic E-state index is 12.7. The summed E-state index contributed by atoms with van der Waals surface area (Å²) in [6, 6.07) is 11.0. The van der Waals surface area contributed by atoms with Gasteiger partial charge in [0.2, 0.25) is 0 Å². The topological polar surface area (TPSA) is 0 Å². The smallest absolute Gasteiger partial charge is 0.166 e. The summed E-state index contributed by atoms with van der Waals surface area (Å²) in [5.41, 5.74) is 0.439. The van der Waals surface area contributed by atoms with Gasteiger partial charge in [-0.3, -0.25) is 0 Å². The molecule has 6 heteroatoms. The Hall–Kier alpha value is -0.400. The van der Waals surface area contributed by atoms with Crippen molar-refractivity contribution >= 4 is 46.0 Å². The zero-order valence-corrected chi connectivity index (χ0v) is 15.2. The Balaban J connectivity index is 2.16. The molecule has 2 rings (SSSR count). The molecule has 0 atom stereocenters. The predicted molar refractivity (Wildman–Crippen MR) is 94.2 cm³/mol. The zero-order chi connectivity index (χ0) is 16.2. The summed E-state index contributed by atoms with van der Waals surface area (Å²) in [7, 11) is 0. The third-order valence-corrected chi connectivity index (χ3v) is 5.10. The summed E-state index contributed by atoms with van der Waals surface area (Å²) in [6.07, 6.45) is -2.35. The van der Waals surface area contributed by atoms with Crippen molar-refractivity contribution in [1.82, 2.24) is 0 Å². The minimum absolute atomic E-state index is 0.547. The minimum atomic E-state index is -4.32. The first kappa shape index (κ1) is 17.9. The van der Waals surface area contributed by atoms with Crippen LogP contribution in [-0.2, 0) is 12.6 Å². The largest absolute Gasteiger partial charge is 0.416 e. The Morgan fingerprint density at radius 2 is 1.77 bits per heavy atom. The van der Waals surface area contributed by atoms with Crippen molar-refractivity contribution in [2.75, 3.05) is 4.43 Å². The fraction of sp³-hybridized carbons (Fsp3) is 0.250. The summed E-state index contributed by atoms with van der Waals surface area (Å²) >= 11 is 9.84. The van der Waals surface area contributed by atoms with E-state index in [9.17, 15) is 13.2 Å². The van der Waals surface area contributed by atoms with E-state index in [2.05, 4.69) is 22.6 Å². The van der Waals surface area contributed by atoms with Gasteiger partial charge in [-0.25, -0.2) is 0 Å². The van der Waals surface area contributed by atoms with E-state index in [0.717, 1.165) is 39.9 Å². The summed E-state index contributed by atoms with van der Waals surface area (Å²) in [4.78, 5) is 1.38. The second kappa shape index (κ2) is 7.93. The molecule has 22 heavy (non-hydrogen) atoms. The average Bonchev–Trinajstić information content (AvgIpc) is 2.46. The van der Waals surface area contributed by atoms with E-state index in [1.807, 2.05) is 18.2 Å². The molecule has 0 fully saturated rings. The molecule has 0 saturated heterocycles. The van der Waals surface area contributed by atoms with E-state index in [1.54, 1.807) is 6.07 Å². The van der Waals surface area contributed by atoms with Crippen molar-refractivity contribution in [3.05, 3.63) is 58.6 Å². The van der Waals surface area contributed by atoms with Gasteiger partial charge in [0.05, 0.1) is 5.56 Å². The monoisotopic (exact) mass is 456 g/mol. The third-order valence-electron chi connectivity index (χ3n) is 3.00. The van der Waals surface area contributed by atoms with Gasteiger partial charge in [-0.15, -0.1) is 0 Å². The van der Waals surface area contributed by atoms with Crippen LogP contribution in [0.15, 0.2) is 52.3 Å². The lowest BCUT2D eigenvalue weighted by Crippen LogP contribution is -2.04. The minimum Gasteiger partial charge on any atom is -0.166 e. The molecule has 0 bridgehead atoms. The van der Waals surface area contributed by atoms with Gasteiger partial charge in [-0.1, -0.05) is 58.1 Å². The van der Waals surface area contributed by atoms with Crippen molar-refractivity contribution in [3.8, 4) is 0 Å². The van der Waals surface area contributed by atoms with Crippen LogP contribution in [0.3, 0.4) is 0 Å². The fourth-order valence-corrected chi connectivity index (χ4v) is 3.56. The van der Waals surface area contributed by atoms with E-state index in [-0.39, 0.29) is 0 Å². The van der Waals surface area contributed by atoms with Gasteiger partial charge < -0.3 is 0 Å². The Kier molecular flexibility index (Phi) is 6.46. The molecule has 0 aliphatic heterocycles. The molecule has 0 unspecified atom stereocenters. The lowest BCUT2D eigenvalue weighted by molar-refractivity contribution is -0.137. The van der Waals surface area contributed by atoms with Gasteiger partial charge in [0.15, 0.2) is 0 Å². The second-order valence-corrected chi connectivity index (χ2v) is 7.31. The van der Waals surface area contributed by atoms with Gasteiger partial charge in [0, 0.05) is 14.8 Å². The van der Waals surface area contributed by atoms with E-state index < -0.39 is 11.7 Å². The van der Waals surface area contributed by atoms with Gasteiger partial charge in [-0.05, 0) is 53.2 Å². The summed E-state index contributed by atoms with van der Waals surface area (Å²) in [5.74, 6) is 0. The number of hydrogen-bond acceptors (Lipinski definition) is 1. The highest BCUT2D eigenvalue weighted by atomic mass is 127. The Morgan fingerprint density at radius 1 is 1.05 bits per heavy atom. The van der Waals surface area contributed by atoms with Crippen LogP contribution in [0.1, 0.15) is 17.5 Å². The van der Waals surface area contributed by atoms with E-state index in [4.69, 9.17) is 11.6 Å². The highest BCUT2D eigenvalue weighted by Gasteiger charge is 2.30. The van der Waals surface area contributed by atoms with Crippen molar-refractivity contribution in [2.24, 2.45) is 0 Å². The van der Waals surface area contributed by atoms with Crippen molar-refractivity contribution < 1.29 is 13.2 Å². The molecule has 0 saturated carbocycles. The Labute approximate surface area is 150 Å². The summed E-state index contributed by atoms with van der Waals surface area (Å²) in [5, 5.41) is 0.668. The van der Waals surface area contributed by atoms with Gasteiger partial charge in [-0.2, -0.15) is 13.2 Å². The quantitative estimate of drug-likeness (QED) is 0.349. The molecular formula is C16H13ClF3IS. The number of hydrogen-bond donors (Lipinski definition) is 0. The van der Waals surface area contributed by atoms with Gasteiger partial charge in [0.25, 0.3) is 0 Å². The van der Waals surface area contributed by atoms with Crippen LogP contribution in [0, 0.1) is 0 Å². The normalized spacial score (nSPS) is 11.7. The third kappa shape index (κ3) is 5.06. The molecule has 0 aromatic heterocycles. The van der Waals surface area contributed by atoms with E-state index >= 15 is 0 Å². The molecule has 2 aromatic carbocycles. The number of aryl methyl sites for hydroxylation is 1. The molecule has 0 nitrogen and oxygen atoms in total.